The van der Waals surface area contributed by atoms with Gasteiger partial charge in [-0.2, -0.15) is 0 Å². The summed E-state index contributed by atoms with van der Waals surface area (Å²) in [5.41, 5.74) is 2.20. The van der Waals surface area contributed by atoms with Gasteiger partial charge in [0, 0.05) is 23.9 Å². The molecule has 1 aliphatic rings. The predicted molar refractivity (Wildman–Crippen MR) is 115 cm³/mol. The Morgan fingerprint density at radius 1 is 1.03 bits per heavy atom. The molecule has 4 rings (SSSR count). The minimum atomic E-state index is -0.609. The maximum atomic E-state index is 12.9. The van der Waals surface area contributed by atoms with Crippen LogP contribution in [0.25, 0.3) is 17.2 Å². The number of carbonyl (C=O) groups is 2. The second-order valence-electron chi connectivity index (χ2n) is 7.35. The first-order valence-electron chi connectivity index (χ1n) is 10.3. The molecule has 0 atom stereocenters. The van der Waals surface area contributed by atoms with Crippen molar-refractivity contribution in [2.24, 2.45) is 0 Å². The first-order valence-corrected chi connectivity index (χ1v) is 10.3. The van der Waals surface area contributed by atoms with Gasteiger partial charge in [0.2, 0.25) is 5.89 Å². The van der Waals surface area contributed by atoms with Crippen LogP contribution < -0.4 is 4.90 Å². The Morgan fingerprint density at radius 2 is 1.77 bits per heavy atom. The van der Waals surface area contributed by atoms with Crippen molar-refractivity contribution in [3.63, 3.8) is 0 Å². The highest BCUT2D eigenvalue weighted by Crippen LogP contribution is 2.27. The van der Waals surface area contributed by atoms with Crippen LogP contribution in [0.15, 0.2) is 65.1 Å². The molecule has 0 radical (unpaired) electrons. The number of hydrogen-bond donors (Lipinski definition) is 0. The first kappa shape index (κ1) is 19.9. The summed E-state index contributed by atoms with van der Waals surface area (Å²) in [6.07, 6.45) is 8.01. The average Bonchev–Trinajstić information content (AvgIpc) is 3.21. The SMILES string of the molecule is O=C(/C=C/c1nc2ccccc2o1)OCC(=O)N(c1ccccc1)C1CCCCC1. The number of amides is 1. The maximum absolute atomic E-state index is 12.9. The second kappa shape index (κ2) is 9.39. The van der Waals surface area contributed by atoms with Crippen LogP contribution in [-0.2, 0) is 14.3 Å². The van der Waals surface area contributed by atoms with Crippen LogP contribution in [0.5, 0.6) is 0 Å². The molecular formula is C24H24N2O4. The number of nitrogens with zero attached hydrogens (tertiary/aromatic N) is 2. The molecule has 0 bridgehead atoms. The summed E-state index contributed by atoms with van der Waals surface area (Å²) in [5.74, 6) is -0.508. The molecule has 154 valence electrons. The molecule has 0 aliphatic heterocycles. The Labute approximate surface area is 175 Å². The molecule has 0 unspecified atom stereocenters. The fourth-order valence-corrected chi connectivity index (χ4v) is 3.84. The van der Waals surface area contributed by atoms with Crippen LogP contribution in [-0.4, -0.2) is 29.5 Å². The fraction of sp³-hybridized carbons (Fsp3) is 0.292. The Bertz CT molecular complexity index is 1000. The Morgan fingerprint density at radius 3 is 2.53 bits per heavy atom. The van der Waals surface area contributed by atoms with Crippen LogP contribution in [0.2, 0.25) is 0 Å². The lowest BCUT2D eigenvalue weighted by Gasteiger charge is -2.34. The summed E-state index contributed by atoms with van der Waals surface area (Å²) in [7, 11) is 0. The molecule has 1 fully saturated rings. The minimum Gasteiger partial charge on any atom is -0.452 e. The standard InChI is InChI=1S/C24H24N2O4/c27-23(26(18-9-3-1-4-10-18)19-11-5-2-6-12-19)17-29-24(28)16-15-22-25-20-13-7-8-14-21(20)30-22/h1,3-4,7-10,13-16,19H,2,5-6,11-12,17H2/b16-15+. The van der Waals surface area contributed by atoms with E-state index >= 15 is 0 Å². The van der Waals surface area contributed by atoms with Crippen molar-refractivity contribution >= 4 is 34.7 Å². The zero-order chi connectivity index (χ0) is 20.8. The lowest BCUT2D eigenvalue weighted by atomic mass is 9.93. The Balaban J connectivity index is 1.39. The van der Waals surface area contributed by atoms with Gasteiger partial charge in [-0.25, -0.2) is 9.78 Å². The lowest BCUT2D eigenvalue weighted by Crippen LogP contribution is -2.43. The number of oxazole rings is 1. The molecule has 1 saturated carbocycles. The highest BCUT2D eigenvalue weighted by atomic mass is 16.5. The van der Waals surface area contributed by atoms with Crippen molar-refractivity contribution in [1.29, 1.82) is 0 Å². The predicted octanol–water partition coefficient (Wildman–Crippen LogP) is 4.75. The molecule has 6 nitrogen and oxygen atoms in total. The van der Waals surface area contributed by atoms with Gasteiger partial charge in [0.15, 0.2) is 12.2 Å². The monoisotopic (exact) mass is 404 g/mol. The van der Waals surface area contributed by atoms with E-state index in [1.165, 1.54) is 18.6 Å². The number of benzene rings is 2. The molecule has 3 aromatic rings. The highest BCUT2D eigenvalue weighted by Gasteiger charge is 2.27. The largest absolute Gasteiger partial charge is 0.452 e. The van der Waals surface area contributed by atoms with E-state index in [2.05, 4.69) is 4.98 Å². The topological polar surface area (TPSA) is 72.6 Å². The van der Waals surface area contributed by atoms with Gasteiger partial charge < -0.3 is 14.1 Å². The summed E-state index contributed by atoms with van der Waals surface area (Å²) in [4.78, 5) is 31.1. The molecule has 1 heterocycles. The van der Waals surface area contributed by atoms with Gasteiger partial charge in [0.1, 0.15) is 5.52 Å². The van der Waals surface area contributed by atoms with Crippen molar-refractivity contribution in [3.05, 3.63) is 66.6 Å². The smallest absolute Gasteiger partial charge is 0.331 e. The molecule has 30 heavy (non-hydrogen) atoms. The zero-order valence-electron chi connectivity index (χ0n) is 16.7. The Hall–Kier alpha value is -3.41. The number of carbonyl (C=O) groups excluding carboxylic acids is 2. The third kappa shape index (κ3) is 4.76. The van der Waals surface area contributed by atoms with Crippen LogP contribution in [0.3, 0.4) is 0 Å². The van der Waals surface area contributed by atoms with Gasteiger partial charge >= 0.3 is 5.97 Å². The van der Waals surface area contributed by atoms with E-state index in [4.69, 9.17) is 9.15 Å². The van der Waals surface area contributed by atoms with Gasteiger partial charge in [-0.05, 0) is 37.1 Å². The Kier molecular flexibility index (Phi) is 6.23. The van der Waals surface area contributed by atoms with Crippen LogP contribution >= 0.6 is 0 Å². The number of ether oxygens (including phenoxy) is 1. The fourth-order valence-electron chi connectivity index (χ4n) is 3.84. The zero-order valence-corrected chi connectivity index (χ0v) is 16.7. The van der Waals surface area contributed by atoms with Crippen LogP contribution in [0.1, 0.15) is 38.0 Å². The van der Waals surface area contributed by atoms with Gasteiger partial charge in [-0.1, -0.05) is 49.6 Å². The molecule has 0 N–H and O–H groups in total. The molecule has 1 aliphatic carbocycles. The van der Waals surface area contributed by atoms with Gasteiger partial charge in [-0.15, -0.1) is 0 Å². The van der Waals surface area contributed by atoms with E-state index in [-0.39, 0.29) is 18.6 Å². The third-order valence-electron chi connectivity index (χ3n) is 5.25. The van der Waals surface area contributed by atoms with Gasteiger partial charge in [-0.3, -0.25) is 4.79 Å². The average molecular weight is 404 g/mol. The van der Waals surface area contributed by atoms with Crippen molar-refractivity contribution in [2.45, 2.75) is 38.1 Å². The van der Waals surface area contributed by atoms with E-state index in [0.717, 1.165) is 31.4 Å². The third-order valence-corrected chi connectivity index (χ3v) is 5.25. The number of fused-ring (bicyclic) bond motifs is 1. The van der Waals surface area contributed by atoms with Crippen molar-refractivity contribution in [1.82, 2.24) is 4.98 Å². The summed E-state index contributed by atoms with van der Waals surface area (Å²) >= 11 is 0. The number of hydrogen-bond acceptors (Lipinski definition) is 5. The lowest BCUT2D eigenvalue weighted by molar-refractivity contribution is -0.143. The molecule has 0 spiro atoms. The summed E-state index contributed by atoms with van der Waals surface area (Å²) in [5, 5.41) is 0. The number of esters is 1. The molecule has 0 saturated heterocycles. The molecular weight excluding hydrogens is 380 g/mol. The molecule has 2 aromatic carbocycles. The molecule has 1 aromatic heterocycles. The summed E-state index contributed by atoms with van der Waals surface area (Å²) in [6, 6.07) is 17.1. The van der Waals surface area contributed by atoms with E-state index < -0.39 is 5.97 Å². The quantitative estimate of drug-likeness (QED) is 0.438. The molecule has 6 heteroatoms. The maximum Gasteiger partial charge on any atom is 0.331 e. The van der Waals surface area contributed by atoms with Crippen molar-refractivity contribution in [3.8, 4) is 0 Å². The van der Waals surface area contributed by atoms with Gasteiger partial charge in [0.25, 0.3) is 5.91 Å². The normalized spacial score (nSPS) is 14.8. The summed E-state index contributed by atoms with van der Waals surface area (Å²) < 4.78 is 10.7. The van der Waals surface area contributed by atoms with Crippen molar-refractivity contribution in [2.75, 3.05) is 11.5 Å². The van der Waals surface area contributed by atoms with Gasteiger partial charge in [0.05, 0.1) is 0 Å². The van der Waals surface area contributed by atoms with Crippen molar-refractivity contribution < 1.29 is 18.7 Å². The molecule has 1 amide bonds. The van der Waals surface area contributed by atoms with Crippen LogP contribution in [0.4, 0.5) is 5.69 Å². The first-order chi connectivity index (χ1) is 14.7. The number of rotatable bonds is 6. The highest BCUT2D eigenvalue weighted by molar-refractivity contribution is 5.97. The summed E-state index contributed by atoms with van der Waals surface area (Å²) in [6.45, 7) is -0.303. The van der Waals surface area contributed by atoms with E-state index in [9.17, 15) is 9.59 Å². The number of para-hydroxylation sites is 3. The van der Waals surface area contributed by atoms with E-state index in [1.807, 2.05) is 48.5 Å². The van der Waals surface area contributed by atoms with E-state index in [1.54, 1.807) is 11.0 Å². The number of anilines is 1. The second-order valence-corrected chi connectivity index (χ2v) is 7.35. The van der Waals surface area contributed by atoms with Crippen LogP contribution in [0, 0.1) is 0 Å². The van der Waals surface area contributed by atoms with E-state index in [0.29, 0.717) is 17.0 Å². The minimum absolute atomic E-state index is 0.141. The number of aromatic nitrogens is 1.